The molecule has 1 aromatic heterocycles. The predicted molar refractivity (Wildman–Crippen MR) is 138 cm³/mol. The Balaban J connectivity index is 1.38. The molecule has 0 atom stereocenters. The van der Waals surface area contributed by atoms with E-state index < -0.39 is 0 Å². The second-order valence-electron chi connectivity index (χ2n) is 9.34. The topological polar surface area (TPSA) is 64.3 Å². The van der Waals surface area contributed by atoms with Crippen LogP contribution in [0.5, 0.6) is 5.75 Å². The summed E-state index contributed by atoms with van der Waals surface area (Å²) >= 11 is 0. The van der Waals surface area contributed by atoms with Gasteiger partial charge in [0.2, 0.25) is 5.95 Å². The van der Waals surface area contributed by atoms with Crippen molar-refractivity contribution in [2.24, 2.45) is 5.92 Å². The molecule has 1 fully saturated rings. The Morgan fingerprint density at radius 3 is 2.34 bits per heavy atom. The highest BCUT2D eigenvalue weighted by molar-refractivity contribution is 5.78. The van der Waals surface area contributed by atoms with Crippen molar-refractivity contribution in [2.45, 2.75) is 40.0 Å². The van der Waals surface area contributed by atoms with Gasteiger partial charge in [-0.15, -0.1) is 0 Å². The van der Waals surface area contributed by atoms with Gasteiger partial charge in [0.05, 0.1) is 6.61 Å². The van der Waals surface area contributed by atoms with Crippen LogP contribution in [0.15, 0.2) is 42.7 Å². The predicted octanol–water partition coefficient (Wildman–Crippen LogP) is 5.32. The number of aryl methyl sites for hydroxylation is 3. The van der Waals surface area contributed by atoms with Gasteiger partial charge in [0.15, 0.2) is 6.21 Å². The van der Waals surface area contributed by atoms with E-state index in [9.17, 15) is 9.60 Å². The minimum absolute atomic E-state index is 0.354. The zero-order valence-corrected chi connectivity index (χ0v) is 20.9. The number of hydroxylamine groups is 1. The molecule has 2 heterocycles. The Kier molecular flexibility index (Phi) is 7.63. The van der Waals surface area contributed by atoms with Gasteiger partial charge in [-0.2, -0.15) is 0 Å². The number of rotatable bonds is 7. The number of piperidine rings is 1. The van der Waals surface area contributed by atoms with Crippen LogP contribution in [0, 0.1) is 30.8 Å². The van der Waals surface area contributed by atoms with Gasteiger partial charge >= 0.3 is 0 Å². The fraction of sp³-hybridized carbons (Fsp3) is 0.393. The second kappa shape index (κ2) is 10.8. The molecule has 0 bridgehead atoms. The highest BCUT2D eigenvalue weighted by atomic mass is 19.1. The van der Waals surface area contributed by atoms with Crippen molar-refractivity contribution in [3.63, 3.8) is 0 Å². The largest absolute Gasteiger partial charge is 0.624 e. The average molecular weight is 477 g/mol. The molecule has 2 aromatic carbocycles. The Morgan fingerprint density at radius 1 is 1.11 bits per heavy atom. The lowest BCUT2D eigenvalue weighted by atomic mass is 9.97. The van der Waals surface area contributed by atoms with Crippen LogP contribution in [0.1, 0.15) is 42.0 Å². The average Bonchev–Trinajstić information content (AvgIpc) is 2.83. The van der Waals surface area contributed by atoms with Crippen molar-refractivity contribution >= 4 is 12.2 Å². The Labute approximate surface area is 206 Å². The molecule has 0 spiro atoms. The lowest BCUT2D eigenvalue weighted by Gasteiger charge is -2.32. The molecular formula is C28H33FN4O2. The van der Waals surface area contributed by atoms with Crippen molar-refractivity contribution in [2.75, 3.05) is 31.6 Å². The zero-order chi connectivity index (χ0) is 24.9. The van der Waals surface area contributed by atoms with E-state index in [2.05, 4.69) is 21.8 Å². The lowest BCUT2D eigenvalue weighted by molar-refractivity contribution is -0.416. The molecule has 1 aliphatic rings. The van der Waals surface area contributed by atoms with E-state index in [4.69, 9.17) is 4.74 Å². The van der Waals surface area contributed by atoms with E-state index in [-0.39, 0.29) is 5.82 Å². The molecule has 0 saturated carbocycles. The summed E-state index contributed by atoms with van der Waals surface area (Å²) in [7, 11) is 1.38. The monoisotopic (exact) mass is 476 g/mol. The fourth-order valence-electron chi connectivity index (χ4n) is 4.58. The number of hydrogen-bond acceptors (Lipinski definition) is 5. The van der Waals surface area contributed by atoms with Crippen LogP contribution >= 0.6 is 0 Å². The standard InChI is InChI=1S/C28H33FN4O2/c1-5-21-15-30-28(31-16-21)33-10-8-22(9-11-33)18-35-27-19(2)12-24(13-20(27)3)25-7-6-23(14-26(25)29)17-32(4)34/h6-7,12-17,22H,5,8-11,18H2,1-4H3/b32-17-. The minimum Gasteiger partial charge on any atom is -0.624 e. The Bertz CT molecular complexity index is 1180. The second-order valence-corrected chi connectivity index (χ2v) is 9.34. The molecule has 0 amide bonds. The van der Waals surface area contributed by atoms with E-state index in [1.165, 1.54) is 19.3 Å². The van der Waals surface area contributed by atoms with Crippen LogP contribution in [0.25, 0.3) is 11.1 Å². The van der Waals surface area contributed by atoms with Crippen molar-refractivity contribution < 1.29 is 13.9 Å². The molecule has 0 aliphatic carbocycles. The maximum Gasteiger partial charge on any atom is 0.225 e. The van der Waals surface area contributed by atoms with Crippen LogP contribution < -0.4 is 9.64 Å². The van der Waals surface area contributed by atoms with Crippen LogP contribution in [0.4, 0.5) is 10.3 Å². The third kappa shape index (κ3) is 5.96. The molecule has 1 aliphatic heterocycles. The first-order chi connectivity index (χ1) is 16.8. The number of halogens is 1. The summed E-state index contributed by atoms with van der Waals surface area (Å²) < 4.78 is 21.7. The molecule has 35 heavy (non-hydrogen) atoms. The number of anilines is 1. The van der Waals surface area contributed by atoms with E-state index in [0.717, 1.165) is 66.3 Å². The smallest absolute Gasteiger partial charge is 0.225 e. The zero-order valence-electron chi connectivity index (χ0n) is 20.9. The third-order valence-electron chi connectivity index (χ3n) is 6.56. The van der Waals surface area contributed by atoms with Gasteiger partial charge in [-0.3, -0.25) is 0 Å². The van der Waals surface area contributed by atoms with Gasteiger partial charge < -0.3 is 14.8 Å². The van der Waals surface area contributed by atoms with E-state index in [0.29, 0.717) is 28.4 Å². The number of hydrogen-bond donors (Lipinski definition) is 0. The summed E-state index contributed by atoms with van der Waals surface area (Å²) in [6.07, 6.45) is 8.18. The first-order valence-electron chi connectivity index (χ1n) is 12.2. The van der Waals surface area contributed by atoms with Crippen LogP contribution in [-0.2, 0) is 6.42 Å². The molecule has 3 aromatic rings. The molecule has 0 unspecified atom stereocenters. The molecular weight excluding hydrogens is 443 g/mol. The summed E-state index contributed by atoms with van der Waals surface area (Å²) in [6.45, 7) is 8.60. The fourth-order valence-corrected chi connectivity index (χ4v) is 4.58. The maximum atomic E-state index is 14.7. The van der Waals surface area contributed by atoms with Gasteiger partial charge in [0, 0.05) is 36.6 Å². The molecule has 184 valence electrons. The summed E-state index contributed by atoms with van der Waals surface area (Å²) in [5, 5.41) is 11.2. The van der Waals surface area contributed by atoms with Crippen molar-refractivity contribution in [1.82, 2.24) is 9.97 Å². The van der Waals surface area contributed by atoms with Gasteiger partial charge in [0.1, 0.15) is 18.6 Å². The maximum absolute atomic E-state index is 14.7. The van der Waals surface area contributed by atoms with Crippen molar-refractivity contribution in [3.8, 4) is 16.9 Å². The third-order valence-corrected chi connectivity index (χ3v) is 6.56. The van der Waals surface area contributed by atoms with E-state index in [1.807, 2.05) is 38.4 Å². The van der Waals surface area contributed by atoms with E-state index >= 15 is 0 Å². The van der Waals surface area contributed by atoms with Crippen LogP contribution in [0.3, 0.4) is 0 Å². The van der Waals surface area contributed by atoms with Gasteiger partial charge in [-0.25, -0.2) is 19.1 Å². The van der Waals surface area contributed by atoms with Crippen molar-refractivity contribution in [1.29, 1.82) is 0 Å². The Morgan fingerprint density at radius 2 is 1.77 bits per heavy atom. The first kappa shape index (κ1) is 24.6. The SMILES string of the molecule is CCc1cnc(N2CCC(COc3c(C)cc(-c4ccc(/C=[N+](/C)[O-])cc4F)cc3C)CC2)nc1. The van der Waals surface area contributed by atoms with Gasteiger partial charge in [-0.05, 0) is 85.5 Å². The summed E-state index contributed by atoms with van der Waals surface area (Å²) in [5.41, 5.74) is 4.96. The number of ether oxygens (including phenoxy) is 1. The number of aromatic nitrogens is 2. The minimum atomic E-state index is -0.354. The highest BCUT2D eigenvalue weighted by Gasteiger charge is 2.22. The Hall–Kier alpha value is -3.48. The number of nitrogens with zero attached hydrogens (tertiary/aromatic N) is 4. The molecule has 6 nitrogen and oxygen atoms in total. The quantitative estimate of drug-likeness (QED) is 0.200. The normalized spacial score (nSPS) is 14.9. The molecule has 4 rings (SSSR count). The van der Waals surface area contributed by atoms with Crippen molar-refractivity contribution in [3.05, 3.63) is 76.0 Å². The summed E-state index contributed by atoms with van der Waals surface area (Å²) in [4.78, 5) is 11.3. The molecule has 0 N–H and O–H groups in total. The lowest BCUT2D eigenvalue weighted by Crippen LogP contribution is -2.36. The molecule has 1 saturated heterocycles. The van der Waals surface area contributed by atoms with Crippen LogP contribution in [0.2, 0.25) is 0 Å². The van der Waals surface area contributed by atoms with Crippen LogP contribution in [-0.4, -0.2) is 47.7 Å². The van der Waals surface area contributed by atoms with Gasteiger partial charge in [-0.1, -0.05) is 13.0 Å². The molecule has 7 heteroatoms. The highest BCUT2D eigenvalue weighted by Crippen LogP contribution is 2.32. The summed E-state index contributed by atoms with van der Waals surface area (Å²) in [5.74, 6) is 1.79. The van der Waals surface area contributed by atoms with E-state index in [1.54, 1.807) is 12.1 Å². The first-order valence-corrected chi connectivity index (χ1v) is 12.2. The van der Waals surface area contributed by atoms with Gasteiger partial charge in [0.25, 0.3) is 0 Å². The molecule has 0 radical (unpaired) electrons. The summed E-state index contributed by atoms with van der Waals surface area (Å²) in [6, 6.07) is 8.77. The number of benzene rings is 2.